The smallest absolute Gasteiger partial charge is 0.325 e. The molecule has 9 atom stereocenters. The number of cyclic esters (lactones) is 1. The number of hydrogen-bond acceptors (Lipinski definition) is 10. The molecule has 1 aromatic rings. The second kappa shape index (κ2) is 21.3. The number of aldehydes is 1. The van der Waals surface area contributed by atoms with Gasteiger partial charge in [-0.1, -0.05) is 86.7 Å². The first-order valence-electron chi connectivity index (χ1n) is 18.2. The maximum absolute atomic E-state index is 14.2. The molecule has 14 heteroatoms. The molecule has 0 aliphatic carbocycles. The van der Waals surface area contributed by atoms with Crippen LogP contribution in [-0.4, -0.2) is 97.2 Å². The molecule has 292 valence electrons. The predicted molar refractivity (Wildman–Crippen MR) is 208 cm³/mol. The van der Waals surface area contributed by atoms with Crippen LogP contribution in [0.3, 0.4) is 0 Å². The van der Waals surface area contributed by atoms with Crippen molar-refractivity contribution in [1.82, 2.24) is 21.1 Å². The molecule has 0 aromatic heterocycles. The maximum atomic E-state index is 14.2. The number of benzene rings is 1. The van der Waals surface area contributed by atoms with Gasteiger partial charge in [-0.05, 0) is 67.9 Å². The number of alkyl halides is 1. The van der Waals surface area contributed by atoms with E-state index >= 15 is 0 Å². The molecule has 0 saturated carbocycles. The third-order valence-corrected chi connectivity index (χ3v) is 10.3. The number of fused-ring (bicyclic) bond motifs is 2. The number of esters is 1. The number of carbonyl (C=O) groups is 5. The zero-order chi connectivity index (χ0) is 39.2. The van der Waals surface area contributed by atoms with E-state index in [9.17, 15) is 39.3 Å². The zero-order valence-corrected chi connectivity index (χ0v) is 33.3. The lowest BCUT2D eigenvalue weighted by atomic mass is 9.84. The highest BCUT2D eigenvalue weighted by atomic mass is 127. The minimum absolute atomic E-state index is 0.00701. The largest absolute Gasteiger partial charge is 0.508 e. The number of halogens is 1. The Balaban J connectivity index is 2.06. The van der Waals surface area contributed by atoms with Crippen molar-refractivity contribution < 1.29 is 44.0 Å². The number of hydrogen-bond donors (Lipinski definition) is 6. The second-order valence-electron chi connectivity index (χ2n) is 14.3. The van der Waals surface area contributed by atoms with Crippen molar-refractivity contribution >= 4 is 52.6 Å². The number of ether oxygens (including phenoxy) is 1. The Morgan fingerprint density at radius 2 is 1.83 bits per heavy atom. The summed E-state index contributed by atoms with van der Waals surface area (Å²) < 4.78 is 6.03. The van der Waals surface area contributed by atoms with Crippen LogP contribution in [0.15, 0.2) is 60.2 Å². The normalized spacial score (nSPS) is 30.6. The van der Waals surface area contributed by atoms with Gasteiger partial charge in [0.2, 0.25) is 11.8 Å². The molecule has 2 bridgehead atoms. The number of carbonyl (C=O) groups excluding carboxylic acids is 5. The molecular weight excluding hydrogens is 795 g/mol. The van der Waals surface area contributed by atoms with Gasteiger partial charge in [-0.2, -0.15) is 0 Å². The first-order valence-corrected chi connectivity index (χ1v) is 19.5. The molecule has 2 aliphatic rings. The van der Waals surface area contributed by atoms with E-state index in [-0.39, 0.29) is 29.1 Å². The molecule has 13 nitrogen and oxygen atoms in total. The van der Waals surface area contributed by atoms with E-state index in [0.29, 0.717) is 43.1 Å². The molecule has 0 radical (unpaired) electrons. The van der Waals surface area contributed by atoms with Crippen molar-refractivity contribution in [3.05, 3.63) is 65.8 Å². The summed E-state index contributed by atoms with van der Waals surface area (Å²) in [4.78, 5) is 66.9. The van der Waals surface area contributed by atoms with Crippen LogP contribution in [0.1, 0.15) is 72.3 Å². The Morgan fingerprint density at radius 3 is 2.49 bits per heavy atom. The molecule has 3 rings (SSSR count). The minimum Gasteiger partial charge on any atom is -0.508 e. The van der Waals surface area contributed by atoms with E-state index in [1.54, 1.807) is 58.1 Å². The van der Waals surface area contributed by atoms with Gasteiger partial charge < -0.3 is 30.7 Å². The summed E-state index contributed by atoms with van der Waals surface area (Å²) in [7, 11) is 0. The molecule has 0 spiro atoms. The Labute approximate surface area is 325 Å². The van der Waals surface area contributed by atoms with Gasteiger partial charge in [0.25, 0.3) is 5.91 Å². The van der Waals surface area contributed by atoms with Gasteiger partial charge in [0.05, 0.1) is 18.1 Å². The van der Waals surface area contributed by atoms with E-state index < -0.39 is 77.9 Å². The Hall–Kier alpha value is -3.60. The van der Waals surface area contributed by atoms with Crippen LogP contribution in [-0.2, 0) is 35.1 Å². The fraction of sp³-hybridized carbons (Fsp3) is 0.564. The van der Waals surface area contributed by atoms with Gasteiger partial charge >= 0.3 is 5.97 Å². The van der Waals surface area contributed by atoms with Crippen LogP contribution >= 0.6 is 22.6 Å². The number of allylic oxidation sites excluding steroid dienone is 3. The highest BCUT2D eigenvalue weighted by Gasteiger charge is 2.38. The first-order chi connectivity index (χ1) is 25.1. The van der Waals surface area contributed by atoms with E-state index in [1.807, 2.05) is 6.92 Å². The molecule has 3 amide bonds. The van der Waals surface area contributed by atoms with E-state index in [4.69, 9.17) is 4.74 Å². The van der Waals surface area contributed by atoms with Gasteiger partial charge in [0, 0.05) is 29.2 Å². The first kappa shape index (κ1) is 43.8. The summed E-state index contributed by atoms with van der Waals surface area (Å²) in [6, 6.07) is 3.16. The molecule has 6 N–H and O–H groups in total. The van der Waals surface area contributed by atoms with Crippen LogP contribution in [0.4, 0.5) is 0 Å². The number of aliphatic hydroxyl groups excluding tert-OH is 2. The summed E-state index contributed by atoms with van der Waals surface area (Å²) in [5, 5.41) is 39.6. The fourth-order valence-electron chi connectivity index (χ4n) is 6.31. The van der Waals surface area contributed by atoms with Crippen molar-refractivity contribution in [2.45, 2.75) is 114 Å². The van der Waals surface area contributed by atoms with E-state index in [0.717, 1.165) is 0 Å². The summed E-state index contributed by atoms with van der Waals surface area (Å²) >= 11 is 2.24. The van der Waals surface area contributed by atoms with Crippen LogP contribution in [0, 0.1) is 17.8 Å². The quantitative estimate of drug-likeness (QED) is 0.0744. The third-order valence-electron chi connectivity index (χ3n) is 9.65. The molecule has 2 aliphatic heterocycles. The van der Waals surface area contributed by atoms with Crippen LogP contribution < -0.4 is 16.1 Å². The second-order valence-corrected chi connectivity index (χ2v) is 16.4. The average Bonchev–Trinajstić information content (AvgIpc) is 3.11. The summed E-state index contributed by atoms with van der Waals surface area (Å²) in [6.07, 6.45) is 7.14. The number of hydrazine groups is 1. The van der Waals surface area contributed by atoms with Gasteiger partial charge in [0.15, 0.2) is 0 Å². The van der Waals surface area contributed by atoms with Crippen LogP contribution in [0.2, 0.25) is 0 Å². The molecule has 2 unspecified atom stereocenters. The summed E-state index contributed by atoms with van der Waals surface area (Å²) in [5.41, 5.74) is 4.05. The molecule has 1 aromatic carbocycles. The highest BCUT2D eigenvalue weighted by molar-refractivity contribution is 14.1. The van der Waals surface area contributed by atoms with Crippen molar-refractivity contribution in [3.8, 4) is 5.75 Å². The lowest BCUT2D eigenvalue weighted by Gasteiger charge is -2.36. The fourth-order valence-corrected chi connectivity index (χ4v) is 6.67. The lowest BCUT2D eigenvalue weighted by Crippen LogP contribution is -2.62. The molecule has 53 heavy (non-hydrogen) atoms. The molecule has 2 heterocycles. The number of phenols is 1. The van der Waals surface area contributed by atoms with Crippen LogP contribution in [0.5, 0.6) is 5.75 Å². The van der Waals surface area contributed by atoms with E-state index in [1.165, 1.54) is 29.3 Å². The number of aliphatic hydroxyl groups is 2. The topological polar surface area (TPSA) is 195 Å². The number of nitrogens with zero attached hydrogens (tertiary/aromatic N) is 1. The SMILES string of the molecule is C/C(=C\C=O)[C@@H]1C/C=C/C=C/[C@H](O)[C@H](C)[C@@H](O)C(CCC(C)I)C(=O)N[C@@H](C(C)C)C(=O)N[C@@H](Cc2cccc(O)c2)C(=O)N2CCC[C@H](N2)C(=O)O1. The Morgan fingerprint density at radius 1 is 1.09 bits per heavy atom. The lowest BCUT2D eigenvalue weighted by molar-refractivity contribution is -0.156. The number of aromatic hydroxyl groups is 1. The summed E-state index contributed by atoms with van der Waals surface area (Å²) in [5.74, 6) is -4.49. The maximum Gasteiger partial charge on any atom is 0.325 e. The highest BCUT2D eigenvalue weighted by Crippen LogP contribution is 2.25. The van der Waals surface area contributed by atoms with Crippen molar-refractivity contribution in [1.29, 1.82) is 0 Å². The minimum atomic E-state index is -1.26. The van der Waals surface area contributed by atoms with Gasteiger partial charge in [-0.25, -0.2) is 5.43 Å². The van der Waals surface area contributed by atoms with Gasteiger partial charge in [-0.3, -0.25) is 29.0 Å². The molecular formula is C39H55IN4O9. The molecule has 1 fully saturated rings. The summed E-state index contributed by atoms with van der Waals surface area (Å²) in [6.45, 7) is 9.05. The third kappa shape index (κ3) is 13.3. The Bertz CT molecular complexity index is 1510. The van der Waals surface area contributed by atoms with Crippen molar-refractivity contribution in [2.75, 3.05) is 6.54 Å². The van der Waals surface area contributed by atoms with Gasteiger partial charge in [-0.15, -0.1) is 0 Å². The number of phenolic OH excluding ortho intramolecular Hbond substituents is 1. The van der Waals surface area contributed by atoms with E-state index in [2.05, 4.69) is 38.7 Å². The Kier molecular flexibility index (Phi) is 17.6. The number of nitrogens with one attached hydrogen (secondary N) is 3. The number of rotatable bonds is 8. The molecule has 1 saturated heterocycles. The van der Waals surface area contributed by atoms with Gasteiger partial charge in [0.1, 0.15) is 36.3 Å². The predicted octanol–water partition coefficient (Wildman–Crippen LogP) is 3.21. The van der Waals surface area contributed by atoms with Crippen LogP contribution in [0.25, 0.3) is 0 Å². The van der Waals surface area contributed by atoms with Crippen molar-refractivity contribution in [3.63, 3.8) is 0 Å². The zero-order valence-electron chi connectivity index (χ0n) is 31.1. The standard InChI is InChI=1S/C39H55IN4O9/c1-23(2)34-37(50)41-31(22-27-11-9-12-28(46)21-27)38(51)44-19-10-13-30(43-44)39(52)53-33(24(3)18-20-45)15-8-6-7-14-32(47)26(5)35(48)29(36(49)42-34)17-16-25(4)40/h6-9,11-12,14,18,20-21,23,25-26,29-35,43,46-48H,10,13,15-17,19,22H2,1-5H3,(H,41,50)(H,42,49)/b8-6+,14-7+,24-18+/t25?,26-,29?,30-,31-,32-,33-,34-,35+/m0/s1. The monoisotopic (exact) mass is 850 g/mol. The van der Waals surface area contributed by atoms with Crippen molar-refractivity contribution in [2.24, 2.45) is 17.8 Å². The number of amides is 3. The average molecular weight is 851 g/mol.